The molecule has 1 aromatic heterocycles. The molecule has 0 radical (unpaired) electrons. The Morgan fingerprint density at radius 3 is 2.55 bits per heavy atom. The van der Waals surface area contributed by atoms with Gasteiger partial charge in [0.1, 0.15) is 0 Å². The Morgan fingerprint density at radius 1 is 1.10 bits per heavy atom. The second-order valence-corrected chi connectivity index (χ2v) is 4.90. The van der Waals surface area contributed by atoms with Crippen molar-refractivity contribution in [2.24, 2.45) is 0 Å². The van der Waals surface area contributed by atoms with Crippen molar-refractivity contribution in [2.75, 3.05) is 5.73 Å². The number of nitrogens with zero attached hydrogens (tertiary/aromatic N) is 4. The topological polar surface area (TPSA) is 69.6 Å². The zero-order valence-corrected chi connectivity index (χ0v) is 11.5. The molecule has 3 rings (SSSR count). The van der Waals surface area contributed by atoms with Gasteiger partial charge in [0.15, 0.2) is 5.82 Å². The number of rotatable bonds is 2. The number of nitrogen functional groups attached to an aromatic ring is 1. The molecule has 0 aliphatic heterocycles. The zero-order valence-electron chi connectivity index (χ0n) is 10.8. The Balaban J connectivity index is 2.12. The van der Waals surface area contributed by atoms with E-state index in [9.17, 15) is 0 Å². The number of aromatic nitrogens is 4. The van der Waals surface area contributed by atoms with Crippen LogP contribution in [0, 0.1) is 6.92 Å². The summed E-state index contributed by atoms with van der Waals surface area (Å²) in [6, 6.07) is 13.0. The first-order valence-electron chi connectivity index (χ1n) is 6.06. The summed E-state index contributed by atoms with van der Waals surface area (Å²) in [6.07, 6.45) is 0. The average Bonchev–Trinajstić information content (AvgIpc) is 2.88. The van der Waals surface area contributed by atoms with E-state index >= 15 is 0 Å². The van der Waals surface area contributed by atoms with Gasteiger partial charge in [0, 0.05) is 16.3 Å². The predicted molar refractivity (Wildman–Crippen MR) is 78.7 cm³/mol. The van der Waals surface area contributed by atoms with Crippen molar-refractivity contribution in [1.29, 1.82) is 0 Å². The fourth-order valence-corrected chi connectivity index (χ4v) is 2.24. The van der Waals surface area contributed by atoms with Crippen molar-refractivity contribution in [3.8, 4) is 17.1 Å². The van der Waals surface area contributed by atoms with Crippen LogP contribution < -0.4 is 5.73 Å². The van der Waals surface area contributed by atoms with E-state index in [1.165, 1.54) is 0 Å². The molecule has 20 heavy (non-hydrogen) atoms. The normalized spacial score (nSPS) is 10.7. The number of nitrogens with two attached hydrogens (primary N) is 1. The van der Waals surface area contributed by atoms with E-state index in [1.54, 1.807) is 4.68 Å². The van der Waals surface area contributed by atoms with E-state index < -0.39 is 0 Å². The van der Waals surface area contributed by atoms with Crippen molar-refractivity contribution < 1.29 is 0 Å². The molecule has 0 atom stereocenters. The summed E-state index contributed by atoms with van der Waals surface area (Å²) < 4.78 is 1.69. The van der Waals surface area contributed by atoms with Crippen LogP contribution in [0.25, 0.3) is 17.1 Å². The van der Waals surface area contributed by atoms with Gasteiger partial charge >= 0.3 is 0 Å². The third-order valence-electron chi connectivity index (χ3n) is 3.03. The highest BCUT2D eigenvalue weighted by atomic mass is 35.5. The van der Waals surface area contributed by atoms with Crippen molar-refractivity contribution in [3.05, 3.63) is 53.1 Å². The van der Waals surface area contributed by atoms with Gasteiger partial charge in [-0.1, -0.05) is 11.6 Å². The smallest absolute Gasteiger partial charge is 0.187 e. The lowest BCUT2D eigenvalue weighted by Gasteiger charge is -2.08. The summed E-state index contributed by atoms with van der Waals surface area (Å²) in [4.78, 5) is 0. The molecule has 2 aromatic carbocycles. The van der Waals surface area contributed by atoms with Crippen LogP contribution >= 0.6 is 11.6 Å². The van der Waals surface area contributed by atoms with E-state index in [4.69, 9.17) is 17.3 Å². The van der Waals surface area contributed by atoms with Gasteiger partial charge in [0.2, 0.25) is 0 Å². The second kappa shape index (κ2) is 4.94. The molecule has 2 N–H and O–H groups in total. The molecular weight excluding hydrogens is 274 g/mol. The van der Waals surface area contributed by atoms with Crippen LogP contribution in [-0.4, -0.2) is 20.2 Å². The molecule has 0 saturated heterocycles. The van der Waals surface area contributed by atoms with E-state index in [0.29, 0.717) is 16.5 Å². The molecule has 5 nitrogen and oxygen atoms in total. The maximum atomic E-state index is 5.98. The van der Waals surface area contributed by atoms with E-state index in [1.807, 2.05) is 49.4 Å². The first-order valence-corrected chi connectivity index (χ1v) is 6.44. The molecule has 3 aromatic rings. The number of aryl methyl sites for hydroxylation is 1. The Kier molecular flexibility index (Phi) is 3.12. The zero-order chi connectivity index (χ0) is 14.1. The van der Waals surface area contributed by atoms with Crippen LogP contribution in [0.4, 0.5) is 5.69 Å². The summed E-state index contributed by atoms with van der Waals surface area (Å²) >= 11 is 5.98. The third-order valence-corrected chi connectivity index (χ3v) is 3.26. The summed E-state index contributed by atoms with van der Waals surface area (Å²) in [7, 11) is 0. The molecule has 0 unspecified atom stereocenters. The summed E-state index contributed by atoms with van der Waals surface area (Å²) in [5, 5.41) is 12.6. The number of halogens is 1. The number of hydrogen-bond donors (Lipinski definition) is 1. The Hall–Kier alpha value is -2.40. The first kappa shape index (κ1) is 12.6. The number of anilines is 1. The van der Waals surface area contributed by atoms with Crippen LogP contribution in [0.5, 0.6) is 0 Å². The summed E-state index contributed by atoms with van der Waals surface area (Å²) in [5.74, 6) is 0.662. The van der Waals surface area contributed by atoms with Crippen molar-refractivity contribution >= 4 is 17.3 Å². The molecule has 0 aliphatic carbocycles. The van der Waals surface area contributed by atoms with E-state index in [0.717, 1.165) is 16.8 Å². The summed E-state index contributed by atoms with van der Waals surface area (Å²) in [6.45, 7) is 1.97. The van der Waals surface area contributed by atoms with Gasteiger partial charge < -0.3 is 5.73 Å². The molecule has 0 bridgehead atoms. The fraction of sp³-hybridized carbons (Fsp3) is 0.0714. The van der Waals surface area contributed by atoms with Gasteiger partial charge in [-0.15, -0.1) is 5.10 Å². The standard InChI is InChI=1S/C14H12ClN5/c1-9-8-11(15)4-7-13(9)20-14(17-18-19-20)10-2-5-12(16)6-3-10/h2-8H,16H2,1H3. The van der Waals surface area contributed by atoms with E-state index in [2.05, 4.69) is 15.5 Å². The maximum Gasteiger partial charge on any atom is 0.187 e. The van der Waals surface area contributed by atoms with Gasteiger partial charge in [-0.05, 0) is 65.4 Å². The van der Waals surface area contributed by atoms with E-state index in [-0.39, 0.29) is 0 Å². The van der Waals surface area contributed by atoms with Gasteiger partial charge in [-0.3, -0.25) is 0 Å². The van der Waals surface area contributed by atoms with Gasteiger partial charge in [0.05, 0.1) is 5.69 Å². The largest absolute Gasteiger partial charge is 0.399 e. The van der Waals surface area contributed by atoms with Crippen LogP contribution in [0.1, 0.15) is 5.56 Å². The molecule has 0 amide bonds. The SMILES string of the molecule is Cc1cc(Cl)ccc1-n1nnnc1-c1ccc(N)cc1. The molecule has 0 fully saturated rings. The Labute approximate surface area is 121 Å². The first-order chi connectivity index (χ1) is 9.65. The molecule has 0 saturated carbocycles. The van der Waals surface area contributed by atoms with Gasteiger partial charge in [-0.25, -0.2) is 0 Å². The lowest BCUT2D eigenvalue weighted by atomic mass is 10.1. The van der Waals surface area contributed by atoms with Gasteiger partial charge in [-0.2, -0.15) is 4.68 Å². The predicted octanol–water partition coefficient (Wildman–Crippen LogP) is 2.87. The molecule has 0 spiro atoms. The number of hydrogen-bond acceptors (Lipinski definition) is 4. The van der Waals surface area contributed by atoms with Crippen molar-refractivity contribution in [2.45, 2.75) is 6.92 Å². The number of tetrazole rings is 1. The third kappa shape index (κ3) is 2.23. The molecular formula is C14H12ClN5. The molecule has 6 heteroatoms. The average molecular weight is 286 g/mol. The fourth-order valence-electron chi connectivity index (χ4n) is 2.02. The van der Waals surface area contributed by atoms with Crippen molar-refractivity contribution in [1.82, 2.24) is 20.2 Å². The van der Waals surface area contributed by atoms with Crippen LogP contribution in [0.2, 0.25) is 5.02 Å². The van der Waals surface area contributed by atoms with Crippen LogP contribution in [-0.2, 0) is 0 Å². The quantitative estimate of drug-likeness (QED) is 0.735. The van der Waals surface area contributed by atoms with Crippen LogP contribution in [0.15, 0.2) is 42.5 Å². The molecule has 100 valence electrons. The van der Waals surface area contributed by atoms with Crippen molar-refractivity contribution in [3.63, 3.8) is 0 Å². The highest BCUT2D eigenvalue weighted by Crippen LogP contribution is 2.24. The minimum absolute atomic E-state index is 0.662. The van der Waals surface area contributed by atoms with Crippen LogP contribution in [0.3, 0.4) is 0 Å². The Bertz CT molecular complexity index is 749. The minimum Gasteiger partial charge on any atom is -0.399 e. The lowest BCUT2D eigenvalue weighted by Crippen LogP contribution is -2.02. The maximum absolute atomic E-state index is 5.98. The minimum atomic E-state index is 0.662. The second-order valence-electron chi connectivity index (χ2n) is 4.47. The summed E-state index contributed by atoms with van der Waals surface area (Å²) in [5.41, 5.74) is 9.20. The highest BCUT2D eigenvalue weighted by Gasteiger charge is 2.12. The molecule has 0 aliphatic rings. The number of benzene rings is 2. The lowest BCUT2D eigenvalue weighted by molar-refractivity contribution is 0.787. The highest BCUT2D eigenvalue weighted by molar-refractivity contribution is 6.30. The monoisotopic (exact) mass is 285 g/mol. The Morgan fingerprint density at radius 2 is 1.85 bits per heavy atom. The van der Waals surface area contributed by atoms with Gasteiger partial charge in [0.25, 0.3) is 0 Å². The molecule has 1 heterocycles.